The van der Waals surface area contributed by atoms with E-state index in [0.717, 1.165) is 35.8 Å². The summed E-state index contributed by atoms with van der Waals surface area (Å²) in [4.78, 5) is 17.5. The van der Waals surface area contributed by atoms with Crippen molar-refractivity contribution in [3.8, 4) is 0 Å². The Hall–Kier alpha value is -0.400. The van der Waals surface area contributed by atoms with Gasteiger partial charge in [0.2, 0.25) is 0 Å². The van der Waals surface area contributed by atoms with E-state index in [9.17, 15) is 4.79 Å². The van der Waals surface area contributed by atoms with Crippen LogP contribution in [-0.4, -0.2) is 36.7 Å². The number of hydrogen-bond donors (Lipinski definition) is 2. The van der Waals surface area contributed by atoms with Gasteiger partial charge in [0.1, 0.15) is 5.60 Å². The van der Waals surface area contributed by atoms with Gasteiger partial charge in [-0.1, -0.05) is 0 Å². The molecule has 8 heteroatoms. The van der Waals surface area contributed by atoms with Crippen molar-refractivity contribution in [2.24, 2.45) is 0 Å². The summed E-state index contributed by atoms with van der Waals surface area (Å²) in [6, 6.07) is 0. The van der Waals surface area contributed by atoms with Crippen LogP contribution in [0.15, 0.2) is 6.20 Å². The summed E-state index contributed by atoms with van der Waals surface area (Å²) in [5.41, 5.74) is -0.662. The normalized spacial score (nSPS) is 16.7. The van der Waals surface area contributed by atoms with Crippen molar-refractivity contribution in [3.05, 3.63) is 16.1 Å². The molecule has 2 rings (SSSR count). The number of carbonyl (C=O) groups is 1. The number of rotatable bonds is 4. The van der Waals surface area contributed by atoms with Gasteiger partial charge in [-0.3, -0.25) is 4.79 Å². The third kappa shape index (κ3) is 4.56. The number of nitrogens with zero attached hydrogens (tertiary/aromatic N) is 1. The van der Waals surface area contributed by atoms with Gasteiger partial charge < -0.3 is 15.4 Å². The average molecular weight is 342 g/mol. The lowest BCUT2D eigenvalue weighted by molar-refractivity contribution is -0.146. The topological polar surface area (TPSA) is 63.2 Å². The van der Waals surface area contributed by atoms with Crippen molar-refractivity contribution >= 4 is 42.1 Å². The van der Waals surface area contributed by atoms with Crippen LogP contribution in [0.25, 0.3) is 0 Å². The number of hydrogen-bond acceptors (Lipinski definition) is 5. The monoisotopic (exact) mass is 341 g/mol. The molecule has 0 aromatic carbocycles. The minimum Gasteiger partial charge on any atom is -0.368 e. The van der Waals surface area contributed by atoms with Gasteiger partial charge in [-0.05, 0) is 32.9 Å². The lowest BCUT2D eigenvalue weighted by atomic mass is 9.91. The van der Waals surface area contributed by atoms with Crippen molar-refractivity contribution in [2.75, 3.05) is 20.2 Å². The molecule has 0 unspecified atom stereocenters. The number of thiazole rings is 1. The average Bonchev–Trinajstić information content (AvgIpc) is 2.82. The third-order valence-corrected chi connectivity index (χ3v) is 4.22. The predicted octanol–water partition coefficient (Wildman–Crippen LogP) is 1.68. The molecule has 5 nitrogen and oxygen atoms in total. The molecule has 1 aromatic heterocycles. The number of aryl methyl sites for hydroxylation is 1. The highest BCUT2D eigenvalue weighted by Crippen LogP contribution is 2.23. The van der Waals surface area contributed by atoms with Crippen LogP contribution in [-0.2, 0) is 16.1 Å². The van der Waals surface area contributed by atoms with Crippen molar-refractivity contribution in [2.45, 2.75) is 31.9 Å². The molecule has 0 spiro atoms. The summed E-state index contributed by atoms with van der Waals surface area (Å²) in [7, 11) is 1.61. The fraction of sp³-hybridized carbons (Fsp3) is 0.667. The molecule has 1 aromatic rings. The molecule has 2 heterocycles. The van der Waals surface area contributed by atoms with E-state index < -0.39 is 5.60 Å². The lowest BCUT2D eigenvalue weighted by Gasteiger charge is -2.34. The van der Waals surface area contributed by atoms with E-state index in [1.807, 2.05) is 13.1 Å². The maximum atomic E-state index is 12.3. The summed E-state index contributed by atoms with van der Waals surface area (Å²) in [6.45, 7) is 4.13. The number of halogens is 2. The Labute approximate surface area is 135 Å². The highest BCUT2D eigenvalue weighted by molar-refractivity contribution is 7.11. The fourth-order valence-corrected chi connectivity index (χ4v) is 2.90. The first-order valence-electron chi connectivity index (χ1n) is 6.12. The van der Waals surface area contributed by atoms with Crippen LogP contribution >= 0.6 is 36.2 Å². The van der Waals surface area contributed by atoms with E-state index in [1.54, 1.807) is 18.4 Å². The van der Waals surface area contributed by atoms with Crippen LogP contribution in [0.2, 0.25) is 0 Å². The number of amides is 1. The van der Waals surface area contributed by atoms with E-state index in [2.05, 4.69) is 15.6 Å². The summed E-state index contributed by atoms with van der Waals surface area (Å²) in [5, 5.41) is 7.21. The van der Waals surface area contributed by atoms with E-state index in [0.29, 0.717) is 6.54 Å². The summed E-state index contributed by atoms with van der Waals surface area (Å²) in [6.07, 6.45) is 3.25. The second-order valence-corrected chi connectivity index (χ2v) is 5.80. The van der Waals surface area contributed by atoms with Crippen LogP contribution in [0.3, 0.4) is 0 Å². The zero-order valence-electron chi connectivity index (χ0n) is 11.6. The minimum absolute atomic E-state index is 0. The molecule has 1 fully saturated rings. The first-order valence-corrected chi connectivity index (χ1v) is 6.93. The Morgan fingerprint density at radius 3 is 2.65 bits per heavy atom. The molecule has 0 radical (unpaired) electrons. The highest BCUT2D eigenvalue weighted by Gasteiger charge is 2.39. The predicted molar refractivity (Wildman–Crippen MR) is 85.0 cm³/mol. The number of carbonyl (C=O) groups excluding carboxylic acids is 1. The molecule has 1 amide bonds. The molecule has 2 N–H and O–H groups in total. The summed E-state index contributed by atoms with van der Waals surface area (Å²) in [5.74, 6) is -0.0162. The van der Waals surface area contributed by atoms with Gasteiger partial charge in [0.15, 0.2) is 0 Å². The second kappa shape index (κ2) is 8.79. The molecule has 1 aliphatic heterocycles. The zero-order valence-corrected chi connectivity index (χ0v) is 14.1. The molecular formula is C12H21Cl2N3O2S. The smallest absolute Gasteiger partial charge is 0.252 e. The highest BCUT2D eigenvalue weighted by atomic mass is 35.5. The number of nitrogens with one attached hydrogen (secondary N) is 2. The van der Waals surface area contributed by atoms with E-state index >= 15 is 0 Å². The van der Waals surface area contributed by atoms with Crippen molar-refractivity contribution in [3.63, 3.8) is 0 Å². The minimum atomic E-state index is -0.662. The molecule has 0 bridgehead atoms. The Kier molecular flexibility index (Phi) is 8.62. The molecule has 20 heavy (non-hydrogen) atoms. The summed E-state index contributed by atoms with van der Waals surface area (Å²) >= 11 is 1.60. The number of aromatic nitrogens is 1. The van der Waals surface area contributed by atoms with E-state index in [1.165, 1.54) is 0 Å². The second-order valence-electron chi connectivity index (χ2n) is 4.48. The maximum Gasteiger partial charge on any atom is 0.252 e. The van der Waals surface area contributed by atoms with Crippen LogP contribution in [0.4, 0.5) is 0 Å². The molecule has 0 aliphatic carbocycles. The Balaban J connectivity index is 0.00000180. The lowest BCUT2D eigenvalue weighted by Crippen LogP contribution is -2.53. The molecular weight excluding hydrogens is 321 g/mol. The number of methoxy groups -OCH3 is 1. The molecule has 0 saturated carbocycles. The Morgan fingerprint density at radius 2 is 2.15 bits per heavy atom. The van der Waals surface area contributed by atoms with Gasteiger partial charge in [-0.15, -0.1) is 36.2 Å². The van der Waals surface area contributed by atoms with Gasteiger partial charge in [-0.2, -0.15) is 0 Å². The van der Waals surface area contributed by atoms with Crippen LogP contribution in [0, 0.1) is 6.92 Å². The van der Waals surface area contributed by atoms with Gasteiger partial charge in [-0.25, -0.2) is 4.98 Å². The molecule has 0 atom stereocenters. The summed E-state index contributed by atoms with van der Waals surface area (Å²) < 4.78 is 5.47. The fourth-order valence-electron chi connectivity index (χ4n) is 2.17. The van der Waals surface area contributed by atoms with E-state index in [4.69, 9.17) is 4.74 Å². The zero-order chi connectivity index (χ0) is 13.0. The first kappa shape index (κ1) is 19.6. The van der Waals surface area contributed by atoms with Crippen LogP contribution in [0.1, 0.15) is 22.7 Å². The molecule has 1 aliphatic rings. The quantitative estimate of drug-likeness (QED) is 0.874. The van der Waals surface area contributed by atoms with Gasteiger partial charge in [0.05, 0.1) is 11.6 Å². The SMILES string of the molecule is COC1(C(=O)NCc2cnc(C)s2)CCNCC1.Cl.Cl. The van der Waals surface area contributed by atoms with Crippen molar-refractivity contribution < 1.29 is 9.53 Å². The van der Waals surface area contributed by atoms with Gasteiger partial charge in [0, 0.05) is 18.2 Å². The van der Waals surface area contributed by atoms with E-state index in [-0.39, 0.29) is 30.7 Å². The largest absolute Gasteiger partial charge is 0.368 e. The van der Waals surface area contributed by atoms with Crippen molar-refractivity contribution in [1.29, 1.82) is 0 Å². The Bertz CT molecular complexity index is 423. The third-order valence-electron chi connectivity index (χ3n) is 3.31. The van der Waals surface area contributed by atoms with Crippen molar-refractivity contribution in [1.82, 2.24) is 15.6 Å². The molecule has 116 valence electrons. The number of piperidine rings is 1. The van der Waals surface area contributed by atoms with Gasteiger partial charge >= 0.3 is 0 Å². The molecule has 1 saturated heterocycles. The standard InChI is InChI=1S/C12H19N3O2S.2ClH/c1-9-14-7-10(18-9)8-15-11(16)12(17-2)3-5-13-6-4-12;;/h7,13H,3-6,8H2,1-2H3,(H,15,16);2*1H. The van der Waals surface area contributed by atoms with Crippen LogP contribution < -0.4 is 10.6 Å². The Morgan fingerprint density at radius 1 is 1.50 bits per heavy atom. The van der Waals surface area contributed by atoms with Gasteiger partial charge in [0.25, 0.3) is 5.91 Å². The maximum absolute atomic E-state index is 12.3. The first-order chi connectivity index (χ1) is 8.66. The number of ether oxygens (including phenoxy) is 1. The van der Waals surface area contributed by atoms with Crippen LogP contribution in [0.5, 0.6) is 0 Å².